The molecule has 0 radical (unpaired) electrons. The zero-order chi connectivity index (χ0) is 41.5. The fourth-order valence-electron chi connectivity index (χ4n) is 10.9. The molecule has 0 spiro atoms. The molecule has 2 nitrogen and oxygen atoms in total. The summed E-state index contributed by atoms with van der Waals surface area (Å²) >= 11 is 0. The van der Waals surface area contributed by atoms with Crippen LogP contribution in [0, 0.1) is 0 Å². The highest BCUT2D eigenvalue weighted by atomic mass is 15.0. The summed E-state index contributed by atoms with van der Waals surface area (Å²) in [5, 5.41) is 4.97. The number of para-hydroxylation sites is 2. The second kappa shape index (κ2) is 13.9. The molecule has 63 heavy (non-hydrogen) atoms. The van der Waals surface area contributed by atoms with Gasteiger partial charge in [-0.25, -0.2) is 0 Å². The van der Waals surface area contributed by atoms with E-state index in [-0.39, 0.29) is 0 Å². The molecule has 0 aliphatic heterocycles. The fourth-order valence-corrected chi connectivity index (χ4v) is 10.9. The van der Waals surface area contributed by atoms with E-state index in [2.05, 4.69) is 252 Å². The first-order valence-corrected chi connectivity index (χ1v) is 21.8. The first-order chi connectivity index (χ1) is 31.3. The van der Waals surface area contributed by atoms with Crippen LogP contribution in [0.2, 0.25) is 0 Å². The first-order valence-electron chi connectivity index (χ1n) is 21.8. The van der Waals surface area contributed by atoms with Crippen molar-refractivity contribution in [1.82, 2.24) is 9.13 Å². The fraction of sp³-hybridized carbons (Fsp3) is 0.0164. The molecule has 0 atom stereocenters. The first kappa shape index (κ1) is 35.5. The third kappa shape index (κ3) is 5.25. The molecule has 12 aromatic rings. The summed E-state index contributed by atoms with van der Waals surface area (Å²) in [6, 6.07) is 89.5. The van der Waals surface area contributed by atoms with Crippen LogP contribution in [-0.2, 0) is 5.41 Å². The molecular formula is C61H40N2. The maximum absolute atomic E-state index is 2.47. The van der Waals surface area contributed by atoms with Gasteiger partial charge in [0, 0.05) is 32.9 Å². The van der Waals surface area contributed by atoms with E-state index in [1.54, 1.807) is 0 Å². The van der Waals surface area contributed by atoms with Crippen molar-refractivity contribution in [3.63, 3.8) is 0 Å². The van der Waals surface area contributed by atoms with Crippen LogP contribution in [0.15, 0.2) is 243 Å². The summed E-state index contributed by atoms with van der Waals surface area (Å²) in [7, 11) is 0. The summed E-state index contributed by atoms with van der Waals surface area (Å²) in [5.74, 6) is 0. The highest BCUT2D eigenvalue weighted by Gasteiger charge is 2.46. The smallest absolute Gasteiger partial charge is 0.0714 e. The number of hydrogen-bond acceptors (Lipinski definition) is 0. The van der Waals surface area contributed by atoms with E-state index in [0.717, 1.165) is 11.4 Å². The Kier molecular flexibility index (Phi) is 7.85. The molecule has 0 saturated heterocycles. The van der Waals surface area contributed by atoms with Gasteiger partial charge in [0.2, 0.25) is 0 Å². The Bertz CT molecular complexity index is 3670. The van der Waals surface area contributed by atoms with E-state index < -0.39 is 5.41 Å². The lowest BCUT2D eigenvalue weighted by molar-refractivity contribution is 0.767. The van der Waals surface area contributed by atoms with Gasteiger partial charge in [0.15, 0.2) is 0 Å². The summed E-state index contributed by atoms with van der Waals surface area (Å²) in [6.07, 6.45) is 0. The lowest BCUT2D eigenvalue weighted by atomic mass is 9.67. The maximum Gasteiger partial charge on any atom is 0.0714 e. The van der Waals surface area contributed by atoms with Crippen LogP contribution in [0.25, 0.3) is 88.4 Å². The van der Waals surface area contributed by atoms with E-state index in [4.69, 9.17) is 0 Å². The summed E-state index contributed by atoms with van der Waals surface area (Å²) in [6.45, 7) is 0. The second-order valence-electron chi connectivity index (χ2n) is 16.8. The molecule has 2 heteroatoms. The van der Waals surface area contributed by atoms with Gasteiger partial charge in [0.1, 0.15) is 0 Å². The summed E-state index contributed by atoms with van der Waals surface area (Å²) in [4.78, 5) is 0. The van der Waals surface area contributed by atoms with Crippen molar-refractivity contribution < 1.29 is 0 Å². The maximum atomic E-state index is 2.47. The van der Waals surface area contributed by atoms with E-state index >= 15 is 0 Å². The quantitative estimate of drug-likeness (QED) is 0.159. The standard InChI is InChI=1S/C61H40N2/c1-5-17-41(18-6-1)44-29-33-52-54-38-43(30-35-58(54)62(60(52)39-44)47-23-11-4-12-24-47)42-31-36-59-53(37-42)51-26-14-16-28-57(51)63(59)48-32-34-50-49-25-13-15-27-55(49)61(56(50)40-48,45-19-7-2-8-20-45)46-21-9-3-10-22-46/h1-40H. The Morgan fingerprint density at radius 1 is 0.254 bits per heavy atom. The van der Waals surface area contributed by atoms with Crippen molar-refractivity contribution in [3.8, 4) is 44.8 Å². The van der Waals surface area contributed by atoms with Gasteiger partial charge in [0.05, 0.1) is 27.5 Å². The molecule has 10 aromatic carbocycles. The van der Waals surface area contributed by atoms with E-state index in [9.17, 15) is 0 Å². The second-order valence-corrected chi connectivity index (χ2v) is 16.8. The third-order valence-electron chi connectivity index (χ3n) is 13.6. The average Bonchev–Trinajstić information content (AvgIpc) is 3.98. The van der Waals surface area contributed by atoms with Crippen LogP contribution in [0.3, 0.4) is 0 Å². The van der Waals surface area contributed by atoms with Crippen LogP contribution < -0.4 is 0 Å². The molecule has 13 rings (SSSR count). The Hall–Kier alpha value is -8.20. The SMILES string of the molecule is c1ccc(-c2ccc3c4cc(-c5ccc6c(c5)c5ccccc5n6-c5ccc6c(c5)C(c5ccccc5)(c5ccccc5)c5ccccc5-6)ccc4n(-c4ccccc4)c3c2)cc1. The predicted octanol–water partition coefficient (Wildman–Crippen LogP) is 15.6. The Balaban J connectivity index is 0.995. The molecule has 0 N–H and O–H groups in total. The molecule has 0 saturated carbocycles. The number of hydrogen-bond donors (Lipinski definition) is 0. The van der Waals surface area contributed by atoms with Crippen molar-refractivity contribution in [2.75, 3.05) is 0 Å². The van der Waals surface area contributed by atoms with Crippen LogP contribution in [0.1, 0.15) is 22.3 Å². The Morgan fingerprint density at radius 2 is 0.746 bits per heavy atom. The van der Waals surface area contributed by atoms with Gasteiger partial charge in [-0.2, -0.15) is 0 Å². The van der Waals surface area contributed by atoms with Gasteiger partial charge < -0.3 is 9.13 Å². The van der Waals surface area contributed by atoms with Gasteiger partial charge in [-0.05, 0) is 116 Å². The molecule has 2 aromatic heterocycles. The van der Waals surface area contributed by atoms with Gasteiger partial charge in [-0.3, -0.25) is 0 Å². The largest absolute Gasteiger partial charge is 0.309 e. The number of aromatic nitrogens is 2. The van der Waals surface area contributed by atoms with Crippen molar-refractivity contribution in [2.45, 2.75) is 5.41 Å². The molecule has 0 bridgehead atoms. The normalized spacial score (nSPS) is 12.9. The molecule has 1 aliphatic carbocycles. The summed E-state index contributed by atoms with van der Waals surface area (Å²) < 4.78 is 4.89. The van der Waals surface area contributed by atoms with Gasteiger partial charge in [-0.15, -0.1) is 0 Å². The minimum absolute atomic E-state index is 0.470. The van der Waals surface area contributed by atoms with Crippen LogP contribution in [0.5, 0.6) is 0 Å². The van der Waals surface area contributed by atoms with Crippen LogP contribution in [0.4, 0.5) is 0 Å². The Labute approximate surface area is 366 Å². The van der Waals surface area contributed by atoms with Gasteiger partial charge in [0.25, 0.3) is 0 Å². The van der Waals surface area contributed by atoms with Crippen molar-refractivity contribution >= 4 is 43.6 Å². The highest BCUT2D eigenvalue weighted by molar-refractivity contribution is 6.13. The van der Waals surface area contributed by atoms with E-state index in [1.165, 1.54) is 99.2 Å². The number of fused-ring (bicyclic) bond motifs is 9. The number of nitrogens with zero attached hydrogens (tertiary/aromatic N) is 2. The molecule has 1 aliphatic rings. The summed E-state index contributed by atoms with van der Waals surface area (Å²) in [5.41, 5.74) is 19.2. The Morgan fingerprint density at radius 3 is 1.43 bits per heavy atom. The van der Waals surface area contributed by atoms with Crippen LogP contribution >= 0.6 is 0 Å². The molecular weight excluding hydrogens is 761 g/mol. The van der Waals surface area contributed by atoms with Crippen LogP contribution in [-0.4, -0.2) is 9.13 Å². The molecule has 0 unspecified atom stereocenters. The lowest BCUT2D eigenvalue weighted by Gasteiger charge is -2.34. The average molecular weight is 801 g/mol. The predicted molar refractivity (Wildman–Crippen MR) is 263 cm³/mol. The molecule has 0 fully saturated rings. The van der Waals surface area contributed by atoms with Crippen molar-refractivity contribution in [2.24, 2.45) is 0 Å². The van der Waals surface area contributed by atoms with Gasteiger partial charge in [-0.1, -0.05) is 182 Å². The van der Waals surface area contributed by atoms with Crippen molar-refractivity contribution in [1.29, 1.82) is 0 Å². The molecule has 0 amide bonds. The zero-order valence-electron chi connectivity index (χ0n) is 34.5. The van der Waals surface area contributed by atoms with E-state index in [0.29, 0.717) is 0 Å². The van der Waals surface area contributed by atoms with Crippen molar-refractivity contribution in [3.05, 3.63) is 265 Å². The lowest BCUT2D eigenvalue weighted by Crippen LogP contribution is -2.28. The van der Waals surface area contributed by atoms with Gasteiger partial charge >= 0.3 is 0 Å². The highest BCUT2D eigenvalue weighted by Crippen LogP contribution is 2.56. The monoisotopic (exact) mass is 800 g/mol. The zero-order valence-corrected chi connectivity index (χ0v) is 34.5. The number of rotatable bonds is 6. The topological polar surface area (TPSA) is 9.86 Å². The van der Waals surface area contributed by atoms with E-state index in [1.807, 2.05) is 0 Å². The minimum Gasteiger partial charge on any atom is -0.309 e. The molecule has 294 valence electrons. The third-order valence-corrected chi connectivity index (χ3v) is 13.6. The number of benzene rings is 10. The molecule has 2 heterocycles. The minimum atomic E-state index is -0.470.